The van der Waals surface area contributed by atoms with E-state index < -0.39 is 46.9 Å². The first-order chi connectivity index (χ1) is 16.8. The monoisotopic (exact) mass is 485 g/mol. The first-order valence-electron chi connectivity index (χ1n) is 11.3. The average Bonchev–Trinajstić information content (AvgIpc) is 3.40. The van der Waals surface area contributed by atoms with E-state index in [1.165, 1.54) is 0 Å². The number of fused-ring (bicyclic) bond motifs is 3. The van der Waals surface area contributed by atoms with Crippen molar-refractivity contribution in [3.8, 4) is 0 Å². The smallest absolute Gasteiger partial charge is 0.241 e. The highest BCUT2D eigenvalue weighted by Gasteiger charge is 2.75. The highest BCUT2D eigenvalue weighted by molar-refractivity contribution is 6.39. The van der Waals surface area contributed by atoms with Crippen LogP contribution in [-0.4, -0.2) is 29.0 Å². The fraction of sp³-hybridized carbons (Fsp3) is 0.214. The Kier molecular flexibility index (Phi) is 4.66. The number of imide groups is 1. The van der Waals surface area contributed by atoms with Gasteiger partial charge in [-0.3, -0.25) is 19.2 Å². The Morgan fingerprint density at radius 3 is 2.23 bits per heavy atom. The number of halogens is 1. The number of ketones is 2. The number of carbonyl (C=O) groups excluding carboxylic acids is 4. The number of para-hydroxylation sites is 1. The molecule has 0 N–H and O–H groups in total. The topological polar surface area (TPSA) is 80.8 Å². The van der Waals surface area contributed by atoms with Gasteiger partial charge in [-0.15, -0.1) is 0 Å². The van der Waals surface area contributed by atoms with E-state index in [1.807, 2.05) is 19.1 Å². The van der Waals surface area contributed by atoms with Crippen LogP contribution in [0.3, 0.4) is 0 Å². The number of Topliss-reactive ketones (excluding diaryl/α,β-unsaturated/α-hetero) is 2. The van der Waals surface area contributed by atoms with Gasteiger partial charge in [0.15, 0.2) is 0 Å². The summed E-state index contributed by atoms with van der Waals surface area (Å²) in [6, 6.07) is 18.9. The van der Waals surface area contributed by atoms with Gasteiger partial charge in [0.05, 0.1) is 28.6 Å². The minimum Gasteiger partial charge on any atom is -0.349 e. The Bertz CT molecular complexity index is 1460. The molecule has 0 aromatic heterocycles. The van der Waals surface area contributed by atoms with Crippen LogP contribution < -0.4 is 4.90 Å². The zero-order chi connectivity index (χ0) is 24.6. The van der Waals surface area contributed by atoms with Crippen molar-refractivity contribution in [1.29, 1.82) is 0 Å². The zero-order valence-electron chi connectivity index (χ0n) is 18.9. The van der Waals surface area contributed by atoms with Crippen molar-refractivity contribution in [3.63, 3.8) is 0 Å². The van der Waals surface area contributed by atoms with Crippen molar-refractivity contribution in [1.82, 2.24) is 0 Å². The van der Waals surface area contributed by atoms with Crippen LogP contribution in [0.1, 0.15) is 43.5 Å². The summed E-state index contributed by atoms with van der Waals surface area (Å²) in [7, 11) is 0. The Labute approximate surface area is 206 Å². The second kappa shape index (κ2) is 7.44. The van der Waals surface area contributed by atoms with Gasteiger partial charge in [0.2, 0.25) is 29.0 Å². The molecule has 3 aliphatic rings. The Morgan fingerprint density at radius 1 is 0.829 bits per heavy atom. The molecule has 0 bridgehead atoms. The Morgan fingerprint density at radius 2 is 1.54 bits per heavy atom. The summed E-state index contributed by atoms with van der Waals surface area (Å²) in [6.45, 7) is 3.67. The molecular weight excluding hydrogens is 466 g/mol. The Balaban J connectivity index is 1.57. The standard InChI is InChI=1S/C28H20ClNO5/c1-14-10-12-16(13-11-14)23-21-22(27(34)30(26(21)33)19-9-4-3-8-18(19)29)28(35-23)24(31)17-7-5-6-15(2)20(17)25(28)32/h3-13,21-23H,1-2H3/t21-,22-,23-,28?/m1/s1. The van der Waals surface area contributed by atoms with Crippen LogP contribution in [0, 0.1) is 25.7 Å². The largest absolute Gasteiger partial charge is 0.349 e. The second-order valence-corrected chi connectivity index (χ2v) is 9.71. The predicted molar refractivity (Wildman–Crippen MR) is 129 cm³/mol. The molecule has 0 saturated carbocycles. The number of benzene rings is 3. The third-order valence-corrected chi connectivity index (χ3v) is 7.67. The van der Waals surface area contributed by atoms with E-state index in [0.717, 1.165) is 10.5 Å². The number of nitrogens with zero attached hydrogens (tertiary/aromatic N) is 1. The van der Waals surface area contributed by atoms with Crippen molar-refractivity contribution in [2.24, 2.45) is 11.8 Å². The fourth-order valence-electron chi connectivity index (χ4n) is 5.71. The molecule has 7 heteroatoms. The maximum atomic E-state index is 13.9. The third-order valence-electron chi connectivity index (χ3n) is 7.35. The first-order valence-corrected chi connectivity index (χ1v) is 11.7. The Hall–Kier alpha value is -3.61. The number of hydrogen-bond acceptors (Lipinski definition) is 5. The molecule has 174 valence electrons. The number of carbonyl (C=O) groups is 4. The third kappa shape index (κ3) is 2.75. The summed E-state index contributed by atoms with van der Waals surface area (Å²) >= 11 is 6.35. The number of hydrogen-bond donors (Lipinski definition) is 0. The van der Waals surface area contributed by atoms with Crippen LogP contribution in [-0.2, 0) is 14.3 Å². The minimum atomic E-state index is -2.10. The lowest BCUT2D eigenvalue weighted by Gasteiger charge is -2.27. The average molecular weight is 486 g/mol. The van der Waals surface area contributed by atoms with Crippen LogP contribution >= 0.6 is 11.6 Å². The molecule has 1 spiro atoms. The van der Waals surface area contributed by atoms with Gasteiger partial charge in [-0.2, -0.15) is 0 Å². The number of rotatable bonds is 2. The summed E-state index contributed by atoms with van der Waals surface area (Å²) in [6.07, 6.45) is -0.952. The van der Waals surface area contributed by atoms with E-state index in [-0.39, 0.29) is 21.8 Å². The van der Waals surface area contributed by atoms with E-state index in [4.69, 9.17) is 16.3 Å². The van der Waals surface area contributed by atoms with E-state index >= 15 is 0 Å². The molecule has 1 aliphatic carbocycles. The lowest BCUT2D eigenvalue weighted by molar-refractivity contribution is -0.127. The fourth-order valence-corrected chi connectivity index (χ4v) is 5.93. The van der Waals surface area contributed by atoms with E-state index in [0.29, 0.717) is 11.1 Å². The van der Waals surface area contributed by atoms with Crippen LogP contribution in [0.5, 0.6) is 0 Å². The van der Waals surface area contributed by atoms with Crippen molar-refractivity contribution >= 4 is 40.7 Å². The van der Waals surface area contributed by atoms with Gasteiger partial charge in [-0.05, 0) is 37.1 Å². The van der Waals surface area contributed by atoms with Gasteiger partial charge < -0.3 is 4.74 Å². The quantitative estimate of drug-likeness (QED) is 0.390. The molecule has 2 amide bonds. The number of ether oxygens (including phenoxy) is 1. The zero-order valence-corrected chi connectivity index (χ0v) is 19.7. The molecule has 2 fully saturated rings. The number of amides is 2. The number of anilines is 1. The maximum Gasteiger partial charge on any atom is 0.241 e. The van der Waals surface area contributed by atoms with Crippen molar-refractivity contribution in [2.45, 2.75) is 25.6 Å². The highest BCUT2D eigenvalue weighted by atomic mass is 35.5. The van der Waals surface area contributed by atoms with Crippen LogP contribution in [0.2, 0.25) is 5.02 Å². The predicted octanol–water partition coefficient (Wildman–Crippen LogP) is 4.65. The van der Waals surface area contributed by atoms with Crippen molar-refractivity contribution in [2.75, 3.05) is 4.90 Å². The summed E-state index contributed by atoms with van der Waals surface area (Å²) in [5.74, 6) is -4.69. The van der Waals surface area contributed by atoms with Crippen LogP contribution in [0.25, 0.3) is 0 Å². The molecule has 2 saturated heterocycles. The van der Waals surface area contributed by atoms with Gasteiger partial charge in [0.25, 0.3) is 0 Å². The normalized spacial score (nSPS) is 27.2. The van der Waals surface area contributed by atoms with Gasteiger partial charge in [0, 0.05) is 11.1 Å². The van der Waals surface area contributed by atoms with Crippen LogP contribution in [0.15, 0.2) is 66.7 Å². The SMILES string of the molecule is Cc1ccc([C@H]2OC3(C(=O)c4cccc(C)c4C3=O)[C@H]3C(=O)N(c4ccccc4Cl)C(=O)[C@@H]23)cc1. The van der Waals surface area contributed by atoms with Gasteiger partial charge >= 0.3 is 0 Å². The molecular formula is C28H20ClNO5. The van der Waals surface area contributed by atoms with E-state index in [9.17, 15) is 19.2 Å². The lowest BCUT2D eigenvalue weighted by Crippen LogP contribution is -2.51. The van der Waals surface area contributed by atoms with Crippen molar-refractivity contribution < 1.29 is 23.9 Å². The summed E-state index contributed by atoms with van der Waals surface area (Å²) in [4.78, 5) is 56.6. The van der Waals surface area contributed by atoms with Crippen LogP contribution in [0.4, 0.5) is 5.69 Å². The molecule has 2 aliphatic heterocycles. The maximum absolute atomic E-state index is 13.9. The molecule has 3 aromatic carbocycles. The number of aryl methyl sites for hydroxylation is 2. The molecule has 1 unspecified atom stereocenters. The van der Waals surface area contributed by atoms with E-state index in [2.05, 4.69) is 0 Å². The molecule has 3 aromatic rings. The molecule has 2 heterocycles. The molecule has 4 atom stereocenters. The first kappa shape index (κ1) is 21.9. The van der Waals surface area contributed by atoms with Crippen molar-refractivity contribution in [3.05, 3.63) is 99.6 Å². The van der Waals surface area contributed by atoms with Gasteiger partial charge in [-0.25, -0.2) is 4.90 Å². The van der Waals surface area contributed by atoms with Gasteiger partial charge in [0.1, 0.15) is 0 Å². The summed E-state index contributed by atoms with van der Waals surface area (Å²) in [5.41, 5.74) is 0.835. The van der Waals surface area contributed by atoms with E-state index in [1.54, 1.807) is 61.5 Å². The molecule has 6 rings (SSSR count). The van der Waals surface area contributed by atoms with Gasteiger partial charge in [-0.1, -0.05) is 71.8 Å². The molecule has 0 radical (unpaired) electrons. The second-order valence-electron chi connectivity index (χ2n) is 9.31. The molecule has 6 nitrogen and oxygen atoms in total. The molecule has 35 heavy (non-hydrogen) atoms. The lowest BCUT2D eigenvalue weighted by atomic mass is 9.77. The summed E-state index contributed by atoms with van der Waals surface area (Å²) in [5, 5.41) is 0.222. The minimum absolute atomic E-state index is 0.217. The highest BCUT2D eigenvalue weighted by Crippen LogP contribution is 2.58. The summed E-state index contributed by atoms with van der Waals surface area (Å²) < 4.78 is 6.32.